The summed E-state index contributed by atoms with van der Waals surface area (Å²) >= 11 is 6.25. The molecule has 4 nitrogen and oxygen atoms in total. The summed E-state index contributed by atoms with van der Waals surface area (Å²) in [7, 11) is -3.45. The molecular formula is C24H27ClN2O2S. The van der Waals surface area contributed by atoms with Gasteiger partial charge in [0, 0.05) is 29.7 Å². The molecule has 30 heavy (non-hydrogen) atoms. The first-order chi connectivity index (χ1) is 14.4. The molecule has 0 saturated carbocycles. The van der Waals surface area contributed by atoms with Gasteiger partial charge in [0.15, 0.2) is 0 Å². The smallest absolute Gasteiger partial charge is 0.243 e. The van der Waals surface area contributed by atoms with Gasteiger partial charge in [-0.15, -0.1) is 0 Å². The van der Waals surface area contributed by atoms with Crippen LogP contribution in [0.15, 0.2) is 59.5 Å². The first-order valence-corrected chi connectivity index (χ1v) is 12.6. The molecule has 3 unspecified atom stereocenters. The highest BCUT2D eigenvalue weighted by molar-refractivity contribution is 7.89. The molecule has 158 valence electrons. The van der Waals surface area contributed by atoms with Crippen molar-refractivity contribution in [2.24, 2.45) is 11.8 Å². The molecule has 6 heteroatoms. The maximum absolute atomic E-state index is 13.3. The van der Waals surface area contributed by atoms with Crippen molar-refractivity contribution in [2.45, 2.75) is 43.0 Å². The van der Waals surface area contributed by atoms with E-state index in [1.165, 1.54) is 5.56 Å². The molecule has 3 aliphatic rings. The third-order valence-corrected chi connectivity index (χ3v) is 9.05. The lowest BCUT2D eigenvalue weighted by Crippen LogP contribution is -2.38. The molecule has 1 aliphatic carbocycles. The number of hydrogen-bond acceptors (Lipinski definition) is 3. The van der Waals surface area contributed by atoms with Crippen LogP contribution in [0.5, 0.6) is 0 Å². The van der Waals surface area contributed by atoms with Crippen LogP contribution in [0.2, 0.25) is 5.02 Å². The Morgan fingerprint density at radius 2 is 1.90 bits per heavy atom. The van der Waals surface area contributed by atoms with Crippen molar-refractivity contribution >= 4 is 27.3 Å². The second-order valence-electron chi connectivity index (χ2n) is 8.87. The van der Waals surface area contributed by atoms with E-state index in [1.54, 1.807) is 10.4 Å². The Balaban J connectivity index is 1.49. The number of fused-ring (bicyclic) bond motifs is 3. The quantitative estimate of drug-likeness (QED) is 0.630. The molecule has 0 bridgehead atoms. The number of rotatable bonds is 3. The van der Waals surface area contributed by atoms with Crippen LogP contribution in [0, 0.1) is 11.8 Å². The van der Waals surface area contributed by atoms with Crippen molar-refractivity contribution in [2.75, 3.05) is 18.4 Å². The number of sulfonamides is 1. The standard InChI is InChI=1S/C24H27ClN2O2S/c1-16-10-12-27(13-11-16)30(28,29)19-8-9-23-22(15-19)20-6-3-7-21(20)24(26-23)17-4-2-5-18(25)14-17/h2-6,8-9,14-16,20-21,24,26H,7,10-13H2,1H3. The predicted octanol–water partition coefficient (Wildman–Crippen LogP) is 5.59. The van der Waals surface area contributed by atoms with Crippen molar-refractivity contribution < 1.29 is 8.42 Å². The minimum atomic E-state index is -3.45. The molecule has 1 N–H and O–H groups in total. The van der Waals surface area contributed by atoms with Gasteiger partial charge in [0.05, 0.1) is 10.9 Å². The monoisotopic (exact) mass is 442 g/mol. The van der Waals surface area contributed by atoms with Crippen molar-refractivity contribution in [3.8, 4) is 0 Å². The van der Waals surface area contributed by atoms with Crippen molar-refractivity contribution in [1.82, 2.24) is 4.31 Å². The summed E-state index contributed by atoms with van der Waals surface area (Å²) in [5.41, 5.74) is 3.27. The molecule has 2 aromatic rings. The molecule has 0 radical (unpaired) electrons. The Labute approximate surface area is 184 Å². The van der Waals surface area contributed by atoms with Crippen LogP contribution in [0.25, 0.3) is 0 Å². The number of anilines is 1. The lowest BCUT2D eigenvalue weighted by Gasteiger charge is -2.38. The maximum atomic E-state index is 13.3. The van der Waals surface area contributed by atoms with Gasteiger partial charge in [0.1, 0.15) is 0 Å². The van der Waals surface area contributed by atoms with E-state index in [1.807, 2.05) is 30.3 Å². The van der Waals surface area contributed by atoms with Crippen molar-refractivity contribution in [3.05, 3.63) is 70.8 Å². The average Bonchev–Trinajstić information content (AvgIpc) is 3.23. The number of benzene rings is 2. The highest BCUT2D eigenvalue weighted by Crippen LogP contribution is 2.50. The molecular weight excluding hydrogens is 416 g/mol. The summed E-state index contributed by atoms with van der Waals surface area (Å²) in [6.07, 6.45) is 7.29. The molecule has 2 aromatic carbocycles. The Hall–Kier alpha value is -1.82. The van der Waals surface area contributed by atoms with Crippen LogP contribution >= 0.6 is 11.6 Å². The lowest BCUT2D eigenvalue weighted by atomic mass is 9.77. The summed E-state index contributed by atoms with van der Waals surface area (Å²) < 4.78 is 28.2. The molecule has 0 amide bonds. The summed E-state index contributed by atoms with van der Waals surface area (Å²) in [5.74, 6) is 1.16. The van der Waals surface area contributed by atoms with E-state index < -0.39 is 10.0 Å². The fourth-order valence-corrected chi connectivity index (χ4v) is 6.84. The van der Waals surface area contributed by atoms with Crippen LogP contribution in [-0.2, 0) is 10.0 Å². The second kappa shape index (κ2) is 7.70. The minimum absolute atomic E-state index is 0.155. The predicted molar refractivity (Wildman–Crippen MR) is 121 cm³/mol. The highest BCUT2D eigenvalue weighted by Gasteiger charge is 2.39. The van der Waals surface area contributed by atoms with Crippen LogP contribution in [-0.4, -0.2) is 25.8 Å². The van der Waals surface area contributed by atoms with Gasteiger partial charge < -0.3 is 5.32 Å². The van der Waals surface area contributed by atoms with E-state index in [0.717, 1.165) is 35.5 Å². The van der Waals surface area contributed by atoms with Gasteiger partial charge >= 0.3 is 0 Å². The number of nitrogens with zero attached hydrogens (tertiary/aromatic N) is 1. The van der Waals surface area contributed by atoms with Crippen LogP contribution in [0.1, 0.15) is 49.3 Å². The molecule has 1 fully saturated rings. The molecule has 2 aliphatic heterocycles. The lowest BCUT2D eigenvalue weighted by molar-refractivity contribution is 0.288. The third-order valence-electron chi connectivity index (χ3n) is 6.92. The number of nitrogens with one attached hydrogen (secondary N) is 1. The van der Waals surface area contributed by atoms with E-state index >= 15 is 0 Å². The first-order valence-electron chi connectivity index (χ1n) is 10.8. The van der Waals surface area contributed by atoms with Gasteiger partial charge in [-0.05, 0) is 72.6 Å². The van der Waals surface area contributed by atoms with Gasteiger partial charge in [-0.1, -0.05) is 42.8 Å². The summed E-state index contributed by atoms with van der Waals surface area (Å²) in [6.45, 7) is 3.42. The van der Waals surface area contributed by atoms with Crippen LogP contribution in [0.3, 0.4) is 0 Å². The fourth-order valence-electron chi connectivity index (χ4n) is 5.14. The zero-order chi connectivity index (χ0) is 20.9. The summed E-state index contributed by atoms with van der Waals surface area (Å²) in [4.78, 5) is 0.415. The third kappa shape index (κ3) is 3.47. The average molecular weight is 443 g/mol. The number of allylic oxidation sites excluding steroid dienone is 2. The Morgan fingerprint density at radius 3 is 2.67 bits per heavy atom. The zero-order valence-corrected chi connectivity index (χ0v) is 18.7. The number of hydrogen-bond donors (Lipinski definition) is 1. The van der Waals surface area contributed by atoms with Gasteiger partial charge in [0.25, 0.3) is 0 Å². The van der Waals surface area contributed by atoms with Crippen molar-refractivity contribution in [1.29, 1.82) is 0 Å². The van der Waals surface area contributed by atoms with E-state index in [4.69, 9.17) is 11.6 Å². The summed E-state index contributed by atoms with van der Waals surface area (Å²) in [5, 5.41) is 4.40. The molecule has 1 saturated heterocycles. The van der Waals surface area contributed by atoms with Crippen LogP contribution in [0.4, 0.5) is 5.69 Å². The van der Waals surface area contributed by atoms with E-state index in [9.17, 15) is 8.42 Å². The number of halogens is 1. The second-order valence-corrected chi connectivity index (χ2v) is 11.2. The van der Waals surface area contributed by atoms with E-state index in [0.29, 0.717) is 29.8 Å². The van der Waals surface area contributed by atoms with Crippen molar-refractivity contribution in [3.63, 3.8) is 0 Å². The van der Waals surface area contributed by atoms with Gasteiger partial charge in [-0.25, -0.2) is 8.42 Å². The zero-order valence-electron chi connectivity index (χ0n) is 17.1. The topological polar surface area (TPSA) is 49.4 Å². The Kier molecular flexibility index (Phi) is 5.16. The minimum Gasteiger partial charge on any atom is -0.378 e. The molecule has 5 rings (SSSR count). The van der Waals surface area contributed by atoms with E-state index in [2.05, 4.69) is 30.5 Å². The van der Waals surface area contributed by atoms with Gasteiger partial charge in [-0.3, -0.25) is 0 Å². The SMILES string of the molecule is CC1CCN(S(=O)(=O)c2ccc3c(c2)C2C=CCC2C(c2cccc(Cl)c2)N3)CC1. The molecule has 0 aromatic heterocycles. The normalized spacial score (nSPS) is 26.8. The maximum Gasteiger partial charge on any atom is 0.243 e. The van der Waals surface area contributed by atoms with Gasteiger partial charge in [0.2, 0.25) is 10.0 Å². The first kappa shape index (κ1) is 20.1. The fraction of sp³-hybridized carbons (Fsp3) is 0.417. The highest BCUT2D eigenvalue weighted by atomic mass is 35.5. The van der Waals surface area contributed by atoms with Crippen LogP contribution < -0.4 is 5.32 Å². The summed E-state index contributed by atoms with van der Waals surface area (Å²) in [6, 6.07) is 13.8. The number of piperidine rings is 1. The van der Waals surface area contributed by atoms with E-state index in [-0.39, 0.29) is 12.0 Å². The Bertz CT molecular complexity index is 1090. The Morgan fingerprint density at radius 1 is 1.10 bits per heavy atom. The molecule has 3 atom stereocenters. The largest absolute Gasteiger partial charge is 0.378 e. The molecule has 0 spiro atoms. The molecule has 2 heterocycles. The van der Waals surface area contributed by atoms with Gasteiger partial charge in [-0.2, -0.15) is 4.31 Å².